The van der Waals surface area contributed by atoms with Gasteiger partial charge in [0.25, 0.3) is 5.91 Å². The van der Waals surface area contributed by atoms with Crippen molar-refractivity contribution in [2.75, 3.05) is 26.2 Å². The summed E-state index contributed by atoms with van der Waals surface area (Å²) >= 11 is 9.04. The molecule has 0 spiro atoms. The molecule has 0 atom stereocenters. The molecule has 1 aromatic carbocycles. The fraction of sp³-hybridized carbons (Fsp3) is 0.500. The molecule has 0 saturated carbocycles. The van der Waals surface area contributed by atoms with Crippen molar-refractivity contribution in [2.24, 2.45) is 0 Å². The molecule has 1 aliphatic heterocycles. The molecule has 1 saturated heterocycles. The average Bonchev–Trinajstić information content (AvgIpc) is 2.42. The summed E-state index contributed by atoms with van der Waals surface area (Å²) in [7, 11) is 0. The van der Waals surface area contributed by atoms with Gasteiger partial charge in [0.05, 0.1) is 10.6 Å². The Kier molecular flexibility index (Phi) is 5.04. The number of nitrogens with zero attached hydrogens (tertiary/aromatic N) is 2. The van der Waals surface area contributed by atoms with Gasteiger partial charge in [0, 0.05) is 36.7 Å². The molecule has 0 bridgehead atoms. The predicted molar refractivity (Wildman–Crippen MR) is 81.7 cm³/mol. The zero-order valence-electron chi connectivity index (χ0n) is 11.5. The van der Waals surface area contributed by atoms with Gasteiger partial charge in [-0.1, -0.05) is 11.6 Å². The molecule has 0 radical (unpaired) electrons. The molecule has 3 nitrogen and oxygen atoms in total. The van der Waals surface area contributed by atoms with E-state index < -0.39 is 5.82 Å². The molecule has 6 heteroatoms. The van der Waals surface area contributed by atoms with E-state index in [0.29, 0.717) is 23.6 Å². The van der Waals surface area contributed by atoms with Crippen LogP contribution in [0.2, 0.25) is 5.02 Å². The number of halogens is 3. The highest BCUT2D eigenvalue weighted by atomic mass is 79.9. The van der Waals surface area contributed by atoms with E-state index in [-0.39, 0.29) is 16.5 Å². The molecule has 2 rings (SSSR count). The van der Waals surface area contributed by atoms with Crippen LogP contribution < -0.4 is 0 Å². The van der Waals surface area contributed by atoms with Gasteiger partial charge in [0.1, 0.15) is 5.82 Å². The van der Waals surface area contributed by atoms with Crippen LogP contribution in [0.1, 0.15) is 24.2 Å². The summed E-state index contributed by atoms with van der Waals surface area (Å²) in [6.45, 7) is 7.15. The van der Waals surface area contributed by atoms with Crippen LogP contribution in [-0.2, 0) is 0 Å². The molecule has 1 aliphatic rings. The molecule has 0 N–H and O–H groups in total. The highest BCUT2D eigenvalue weighted by Crippen LogP contribution is 2.26. The van der Waals surface area contributed by atoms with Gasteiger partial charge in [-0.25, -0.2) is 4.39 Å². The van der Waals surface area contributed by atoms with Crippen LogP contribution in [-0.4, -0.2) is 47.9 Å². The summed E-state index contributed by atoms with van der Waals surface area (Å²) in [5.41, 5.74) is 0.0688. The Labute approximate surface area is 131 Å². The minimum atomic E-state index is -0.575. The van der Waals surface area contributed by atoms with Gasteiger partial charge in [0.15, 0.2) is 0 Å². The second kappa shape index (κ2) is 6.41. The summed E-state index contributed by atoms with van der Waals surface area (Å²) in [6.07, 6.45) is 0. The van der Waals surface area contributed by atoms with Gasteiger partial charge in [0.2, 0.25) is 0 Å². The van der Waals surface area contributed by atoms with E-state index in [1.807, 2.05) is 0 Å². The van der Waals surface area contributed by atoms with Crippen molar-refractivity contribution in [1.29, 1.82) is 0 Å². The van der Waals surface area contributed by atoms with Crippen molar-refractivity contribution in [3.05, 3.63) is 33.0 Å². The lowest BCUT2D eigenvalue weighted by atomic mass is 10.1. The normalized spacial score (nSPS) is 16.8. The third kappa shape index (κ3) is 3.32. The number of rotatable bonds is 2. The summed E-state index contributed by atoms with van der Waals surface area (Å²) in [5, 5.41) is 0.267. The first-order valence-corrected chi connectivity index (χ1v) is 7.75. The second-order valence-corrected chi connectivity index (χ2v) is 6.43. The molecule has 0 aromatic heterocycles. The molecule has 0 aliphatic carbocycles. The third-order valence-electron chi connectivity index (χ3n) is 3.57. The monoisotopic (exact) mass is 362 g/mol. The van der Waals surface area contributed by atoms with Crippen LogP contribution in [0.15, 0.2) is 16.6 Å². The first-order chi connectivity index (χ1) is 9.40. The van der Waals surface area contributed by atoms with Gasteiger partial charge in [-0.3, -0.25) is 9.69 Å². The number of hydrogen-bond acceptors (Lipinski definition) is 2. The molecule has 1 heterocycles. The average molecular weight is 364 g/mol. The maximum Gasteiger partial charge on any atom is 0.256 e. The first-order valence-electron chi connectivity index (χ1n) is 6.58. The Bertz CT molecular complexity index is 516. The quantitative estimate of drug-likeness (QED) is 0.752. The molecule has 1 fully saturated rings. The highest BCUT2D eigenvalue weighted by Gasteiger charge is 2.25. The van der Waals surface area contributed by atoms with Gasteiger partial charge < -0.3 is 4.90 Å². The zero-order valence-corrected chi connectivity index (χ0v) is 13.8. The van der Waals surface area contributed by atoms with Crippen LogP contribution in [0.25, 0.3) is 0 Å². The largest absolute Gasteiger partial charge is 0.336 e. The van der Waals surface area contributed by atoms with E-state index in [4.69, 9.17) is 11.6 Å². The number of piperazine rings is 1. The van der Waals surface area contributed by atoms with Gasteiger partial charge in [-0.05, 0) is 41.9 Å². The SMILES string of the molecule is CC(C)N1CCN(C(=O)c2cc(Br)c(Cl)cc2F)CC1. The van der Waals surface area contributed by atoms with E-state index in [1.54, 1.807) is 4.90 Å². The molecule has 0 unspecified atom stereocenters. The van der Waals surface area contributed by atoms with Gasteiger partial charge in [-0.15, -0.1) is 0 Å². The smallest absolute Gasteiger partial charge is 0.256 e. The minimum Gasteiger partial charge on any atom is -0.336 e. The Hall–Kier alpha value is -0.650. The number of hydrogen-bond donors (Lipinski definition) is 0. The van der Waals surface area contributed by atoms with Crippen LogP contribution in [0.5, 0.6) is 0 Å². The lowest BCUT2D eigenvalue weighted by Crippen LogP contribution is -2.50. The Morgan fingerprint density at radius 2 is 1.90 bits per heavy atom. The number of carbonyl (C=O) groups is 1. The number of carbonyl (C=O) groups excluding carboxylic acids is 1. The molecule has 1 amide bonds. The predicted octanol–water partition coefficient (Wildman–Crippen LogP) is 3.41. The van der Waals surface area contributed by atoms with Crippen molar-refractivity contribution >= 4 is 33.4 Å². The maximum absolute atomic E-state index is 13.9. The fourth-order valence-corrected chi connectivity index (χ4v) is 2.79. The Balaban J connectivity index is 2.11. The van der Waals surface area contributed by atoms with Crippen molar-refractivity contribution in [3.63, 3.8) is 0 Å². The van der Waals surface area contributed by atoms with E-state index in [1.165, 1.54) is 12.1 Å². The van der Waals surface area contributed by atoms with E-state index in [0.717, 1.165) is 13.1 Å². The molecule has 1 aromatic rings. The molecule has 110 valence electrons. The maximum atomic E-state index is 13.9. The summed E-state index contributed by atoms with van der Waals surface area (Å²) < 4.78 is 14.4. The first kappa shape index (κ1) is 15.7. The van der Waals surface area contributed by atoms with Gasteiger partial charge >= 0.3 is 0 Å². The van der Waals surface area contributed by atoms with Crippen LogP contribution in [0.3, 0.4) is 0 Å². The number of benzene rings is 1. The zero-order chi connectivity index (χ0) is 14.9. The van der Waals surface area contributed by atoms with E-state index in [9.17, 15) is 9.18 Å². The second-order valence-electron chi connectivity index (χ2n) is 5.17. The van der Waals surface area contributed by atoms with Crippen molar-refractivity contribution in [2.45, 2.75) is 19.9 Å². The highest BCUT2D eigenvalue weighted by molar-refractivity contribution is 9.10. The number of amides is 1. The lowest BCUT2D eigenvalue weighted by molar-refractivity contribution is 0.0591. The Morgan fingerprint density at radius 1 is 1.30 bits per heavy atom. The molecular formula is C14H17BrClFN2O. The third-order valence-corrected chi connectivity index (χ3v) is 4.77. The minimum absolute atomic E-state index is 0.0688. The summed E-state index contributed by atoms with van der Waals surface area (Å²) in [5.74, 6) is -0.849. The van der Waals surface area contributed by atoms with Crippen molar-refractivity contribution in [1.82, 2.24) is 9.80 Å². The van der Waals surface area contributed by atoms with Crippen molar-refractivity contribution < 1.29 is 9.18 Å². The van der Waals surface area contributed by atoms with Crippen molar-refractivity contribution in [3.8, 4) is 0 Å². The van der Waals surface area contributed by atoms with Crippen LogP contribution in [0, 0.1) is 5.82 Å². The topological polar surface area (TPSA) is 23.6 Å². The van der Waals surface area contributed by atoms with Crippen LogP contribution >= 0.6 is 27.5 Å². The molecule has 20 heavy (non-hydrogen) atoms. The van der Waals surface area contributed by atoms with E-state index >= 15 is 0 Å². The van der Waals surface area contributed by atoms with Crippen LogP contribution in [0.4, 0.5) is 4.39 Å². The standard InChI is InChI=1S/C14H17BrClFN2O/c1-9(2)18-3-5-19(6-4-18)14(20)10-7-11(15)12(16)8-13(10)17/h7-9H,3-6H2,1-2H3. The van der Waals surface area contributed by atoms with E-state index in [2.05, 4.69) is 34.7 Å². The summed E-state index contributed by atoms with van der Waals surface area (Å²) in [4.78, 5) is 16.4. The lowest BCUT2D eigenvalue weighted by Gasteiger charge is -2.37. The molecular weight excluding hydrogens is 347 g/mol. The van der Waals surface area contributed by atoms with Gasteiger partial charge in [-0.2, -0.15) is 0 Å². The fourth-order valence-electron chi connectivity index (χ4n) is 2.30. The summed E-state index contributed by atoms with van der Waals surface area (Å²) in [6, 6.07) is 3.09. The Morgan fingerprint density at radius 3 is 2.45 bits per heavy atom.